The second-order valence-corrected chi connectivity index (χ2v) is 1.67. The van der Waals surface area contributed by atoms with Crippen LogP contribution in [0.3, 0.4) is 0 Å². The summed E-state index contributed by atoms with van der Waals surface area (Å²) in [5, 5.41) is 0. The molecule has 4 nitrogen and oxygen atoms in total. The van der Waals surface area contributed by atoms with E-state index in [1.165, 1.54) is 0 Å². The topological polar surface area (TPSA) is 72.5 Å². The molecule has 0 aromatic rings. The van der Waals surface area contributed by atoms with Crippen LogP contribution in [0.2, 0.25) is 0 Å². The van der Waals surface area contributed by atoms with E-state index in [4.69, 9.17) is 9.46 Å². The van der Waals surface area contributed by atoms with Crippen LogP contribution < -0.4 is 5.90 Å². The Morgan fingerprint density at radius 2 is 2.17 bits per heavy atom. The molecule has 0 amide bonds. The third kappa shape index (κ3) is 4.04. The first kappa shape index (κ1) is 6.04. The Morgan fingerprint density at radius 1 is 2.00 bits per heavy atom. The van der Waals surface area contributed by atoms with Crippen molar-refractivity contribution in [2.75, 3.05) is 0 Å². The van der Waals surface area contributed by atoms with Crippen LogP contribution in [-0.4, -0.2) is 4.89 Å². The van der Waals surface area contributed by atoms with Gasteiger partial charge < -0.3 is 0 Å². The molecule has 6 heavy (non-hydrogen) atoms. The normalized spacial score (nSPS) is 19.8. The van der Waals surface area contributed by atoms with E-state index in [-0.39, 0.29) is 0 Å². The van der Waals surface area contributed by atoms with Gasteiger partial charge in [-0.1, -0.05) is 0 Å². The number of rotatable bonds is 1. The third-order valence-corrected chi connectivity index (χ3v) is 0.390. The van der Waals surface area contributed by atoms with E-state index in [2.05, 4.69) is 10.5 Å². The Hall–Kier alpha value is 0.0400. The lowest BCUT2D eigenvalue weighted by Crippen LogP contribution is -1.90. The van der Waals surface area contributed by atoms with Crippen molar-refractivity contribution in [3.05, 3.63) is 0 Å². The molecule has 1 unspecified atom stereocenters. The van der Waals surface area contributed by atoms with Gasteiger partial charge >= 0.3 is 7.91 Å². The van der Waals surface area contributed by atoms with E-state index in [1.54, 1.807) is 0 Å². The molecule has 0 saturated heterocycles. The van der Waals surface area contributed by atoms with Crippen molar-refractivity contribution in [2.45, 2.75) is 0 Å². The fourth-order valence-electron chi connectivity index (χ4n) is 0. The predicted octanol–water partition coefficient (Wildman–Crippen LogP) is -0.0534. The summed E-state index contributed by atoms with van der Waals surface area (Å²) in [5.74, 6) is 3.92. The van der Waals surface area contributed by atoms with E-state index >= 15 is 0 Å². The summed E-state index contributed by atoms with van der Waals surface area (Å²) in [5.41, 5.74) is 0. The summed E-state index contributed by atoms with van der Waals surface area (Å²) in [6.45, 7) is 0. The number of halogens is 1. The number of nitrogens with two attached hydrogens (primary N) is 1. The SMILES string of the molecule is NOP(=O)(O)F. The Morgan fingerprint density at radius 3 is 2.17 bits per heavy atom. The fourth-order valence-corrected chi connectivity index (χ4v) is 0. The molecule has 0 aliphatic carbocycles. The molecule has 3 N–H and O–H groups in total. The molecule has 0 saturated carbocycles. The minimum Gasteiger partial charge on any atom is -0.298 e. The van der Waals surface area contributed by atoms with Crippen molar-refractivity contribution in [3.8, 4) is 0 Å². The Labute approximate surface area is 33.3 Å². The van der Waals surface area contributed by atoms with Gasteiger partial charge in [0.25, 0.3) is 0 Å². The van der Waals surface area contributed by atoms with Gasteiger partial charge in [0.05, 0.1) is 0 Å². The second-order valence-electron chi connectivity index (χ2n) is 0.557. The zero-order chi connectivity index (χ0) is 5.21. The van der Waals surface area contributed by atoms with Crippen LogP contribution in [0, 0.1) is 0 Å². The Bertz CT molecular complexity index is 74.9. The monoisotopic (exact) mass is 115 g/mol. The van der Waals surface area contributed by atoms with Crippen LogP contribution in [0.15, 0.2) is 0 Å². The quantitative estimate of drug-likeness (QED) is 0.371. The third-order valence-electron chi connectivity index (χ3n) is 0.130. The molecular weight excluding hydrogens is 112 g/mol. The average Bonchev–Trinajstić information content (AvgIpc) is 1.35. The number of hydrogen-bond acceptors (Lipinski definition) is 3. The maximum atomic E-state index is 10.9. The van der Waals surface area contributed by atoms with Crippen molar-refractivity contribution in [3.63, 3.8) is 0 Å². The molecule has 1 atom stereocenters. The summed E-state index contributed by atoms with van der Waals surface area (Å²) in [4.78, 5) is 7.37. The summed E-state index contributed by atoms with van der Waals surface area (Å²) in [6, 6.07) is 0. The Kier molecular flexibility index (Phi) is 1.67. The minimum absolute atomic E-state index is 2.88. The lowest BCUT2D eigenvalue weighted by Gasteiger charge is -1.89. The maximum absolute atomic E-state index is 10.9. The summed E-state index contributed by atoms with van der Waals surface area (Å²) >= 11 is 0. The lowest BCUT2D eigenvalue weighted by molar-refractivity contribution is 0.233. The average molecular weight is 115 g/mol. The highest BCUT2D eigenvalue weighted by atomic mass is 31.2. The molecule has 0 rings (SSSR count). The van der Waals surface area contributed by atoms with Crippen molar-refractivity contribution in [1.82, 2.24) is 0 Å². The largest absolute Gasteiger partial charge is 0.526 e. The second kappa shape index (κ2) is 1.66. The molecule has 0 heterocycles. The van der Waals surface area contributed by atoms with E-state index in [9.17, 15) is 4.20 Å². The molecule has 0 aromatic carbocycles. The first-order valence-electron chi connectivity index (χ1n) is 0.970. The van der Waals surface area contributed by atoms with Crippen LogP contribution in [0.5, 0.6) is 0 Å². The first-order chi connectivity index (χ1) is 2.56. The molecule has 0 aliphatic heterocycles. The van der Waals surface area contributed by atoms with Crippen molar-refractivity contribution >= 4 is 7.91 Å². The van der Waals surface area contributed by atoms with Crippen LogP contribution in [0.1, 0.15) is 0 Å². The van der Waals surface area contributed by atoms with Gasteiger partial charge in [-0.05, 0) is 0 Å². The molecule has 0 radical (unpaired) electrons. The van der Waals surface area contributed by atoms with E-state index < -0.39 is 7.91 Å². The molecule has 0 bridgehead atoms. The van der Waals surface area contributed by atoms with Gasteiger partial charge in [0, 0.05) is 0 Å². The lowest BCUT2D eigenvalue weighted by atomic mass is 13.6. The molecule has 0 fully saturated rings. The van der Waals surface area contributed by atoms with Gasteiger partial charge in [-0.3, -0.25) is 4.89 Å². The molecule has 38 valence electrons. The minimum atomic E-state index is -4.87. The number of hydrogen-bond donors (Lipinski definition) is 2. The van der Waals surface area contributed by atoms with Gasteiger partial charge in [-0.2, -0.15) is 4.62 Å². The molecule has 6 heteroatoms. The highest BCUT2D eigenvalue weighted by molar-refractivity contribution is 7.46. The maximum Gasteiger partial charge on any atom is 0.526 e. The molecular formula is H3FNO3P. The molecule has 0 spiro atoms. The van der Waals surface area contributed by atoms with Crippen LogP contribution in [0.25, 0.3) is 0 Å². The van der Waals surface area contributed by atoms with Crippen LogP contribution in [-0.2, 0) is 9.19 Å². The zero-order valence-corrected chi connectivity index (χ0v) is 3.56. The molecule has 0 aliphatic rings. The molecule has 0 aromatic heterocycles. The highest BCUT2D eigenvalue weighted by Gasteiger charge is 2.13. The van der Waals surface area contributed by atoms with Gasteiger partial charge in [0.1, 0.15) is 0 Å². The van der Waals surface area contributed by atoms with E-state index in [0.717, 1.165) is 0 Å². The fraction of sp³-hybridized carbons (Fsp3) is 0. The highest BCUT2D eigenvalue weighted by Crippen LogP contribution is 2.40. The van der Waals surface area contributed by atoms with Gasteiger partial charge in [-0.25, -0.2) is 10.5 Å². The van der Waals surface area contributed by atoms with Crippen molar-refractivity contribution < 1.29 is 18.3 Å². The van der Waals surface area contributed by atoms with Crippen LogP contribution >= 0.6 is 7.91 Å². The standard InChI is InChI=1S/FH3NO3P/c1-6(3,4)5-2/h2H2,(H,3,4). The predicted molar refractivity (Wildman–Crippen MR) is 16.2 cm³/mol. The van der Waals surface area contributed by atoms with E-state index in [0.29, 0.717) is 0 Å². The van der Waals surface area contributed by atoms with Gasteiger partial charge in [0.15, 0.2) is 0 Å². The summed E-state index contributed by atoms with van der Waals surface area (Å²) < 4.78 is 22.9. The summed E-state index contributed by atoms with van der Waals surface area (Å²) in [6.07, 6.45) is 0. The zero-order valence-electron chi connectivity index (χ0n) is 2.67. The van der Waals surface area contributed by atoms with Gasteiger partial charge in [0.2, 0.25) is 0 Å². The van der Waals surface area contributed by atoms with Crippen molar-refractivity contribution in [2.24, 2.45) is 5.90 Å². The summed E-state index contributed by atoms with van der Waals surface area (Å²) in [7, 11) is -4.87. The van der Waals surface area contributed by atoms with Crippen LogP contribution in [0.4, 0.5) is 4.20 Å². The van der Waals surface area contributed by atoms with Gasteiger partial charge in [-0.15, -0.1) is 4.20 Å². The Balaban J connectivity index is 3.48. The first-order valence-corrected chi connectivity index (χ1v) is 2.44. The van der Waals surface area contributed by atoms with E-state index in [1.807, 2.05) is 0 Å². The smallest absolute Gasteiger partial charge is 0.298 e. The van der Waals surface area contributed by atoms with Crippen molar-refractivity contribution in [1.29, 1.82) is 0 Å².